The molecule has 2 aromatic rings. The first-order valence-corrected chi connectivity index (χ1v) is 7.96. The summed E-state index contributed by atoms with van der Waals surface area (Å²) in [6.45, 7) is 4.34. The molecule has 0 fully saturated rings. The summed E-state index contributed by atoms with van der Waals surface area (Å²) in [5.74, 6) is 0.0967. The third kappa shape index (κ3) is 4.59. The first-order chi connectivity index (χ1) is 11.5. The summed E-state index contributed by atoms with van der Waals surface area (Å²) >= 11 is 0. The third-order valence-electron chi connectivity index (χ3n) is 3.70. The van der Waals surface area contributed by atoms with Gasteiger partial charge in [-0.05, 0) is 35.7 Å². The average Bonchev–Trinajstić information content (AvgIpc) is 2.60. The van der Waals surface area contributed by atoms with Crippen molar-refractivity contribution in [2.45, 2.75) is 19.8 Å². The summed E-state index contributed by atoms with van der Waals surface area (Å²) in [5.41, 5.74) is 3.12. The molecule has 0 saturated carbocycles. The molecule has 5 nitrogen and oxygen atoms in total. The Morgan fingerprint density at radius 2 is 1.67 bits per heavy atom. The second-order valence-electron chi connectivity index (χ2n) is 5.80. The topological polar surface area (TPSA) is 70.2 Å². The number of amides is 2. The van der Waals surface area contributed by atoms with E-state index in [9.17, 15) is 9.59 Å². The highest BCUT2D eigenvalue weighted by Crippen LogP contribution is 2.17. The summed E-state index contributed by atoms with van der Waals surface area (Å²) in [4.78, 5) is 23.9. The molecule has 0 atom stereocenters. The van der Waals surface area contributed by atoms with Crippen LogP contribution in [0.3, 0.4) is 0 Å². The lowest BCUT2D eigenvalue weighted by molar-refractivity contribution is -0.114. The van der Waals surface area contributed by atoms with Crippen LogP contribution in [0.2, 0.25) is 0 Å². The molecule has 24 heavy (non-hydrogen) atoms. The lowest BCUT2D eigenvalue weighted by Gasteiger charge is -2.12. The molecule has 0 aliphatic carbocycles. The number of nitrogens with one attached hydrogen (secondary N) is 3. The minimum Gasteiger partial charge on any atom is -0.376 e. The molecule has 2 amide bonds. The largest absolute Gasteiger partial charge is 0.376 e. The number of carbonyl (C=O) groups is 2. The van der Waals surface area contributed by atoms with Crippen LogP contribution in [-0.2, 0) is 4.79 Å². The molecule has 3 N–H and O–H groups in total. The van der Waals surface area contributed by atoms with Crippen molar-refractivity contribution in [1.29, 1.82) is 0 Å². The SMILES string of the molecule is CNC(=O)c1ccccc1NCC(=O)Nc1ccc(C(C)C)cc1. The Balaban J connectivity index is 1.95. The van der Waals surface area contributed by atoms with Gasteiger partial charge >= 0.3 is 0 Å². The van der Waals surface area contributed by atoms with E-state index in [1.165, 1.54) is 5.56 Å². The van der Waals surface area contributed by atoms with Crippen LogP contribution in [0.4, 0.5) is 11.4 Å². The number of para-hydroxylation sites is 1. The quantitative estimate of drug-likeness (QED) is 0.764. The van der Waals surface area contributed by atoms with Gasteiger partial charge in [-0.3, -0.25) is 9.59 Å². The number of anilines is 2. The lowest BCUT2D eigenvalue weighted by Crippen LogP contribution is -2.24. The van der Waals surface area contributed by atoms with Crippen LogP contribution in [0.5, 0.6) is 0 Å². The molecular weight excluding hydrogens is 302 g/mol. The van der Waals surface area contributed by atoms with Gasteiger partial charge in [0, 0.05) is 18.4 Å². The first kappa shape index (κ1) is 17.5. The Bertz CT molecular complexity index is 709. The molecule has 0 saturated heterocycles. The molecule has 0 heterocycles. The van der Waals surface area contributed by atoms with Gasteiger partial charge in [0.15, 0.2) is 0 Å². The van der Waals surface area contributed by atoms with Crippen LogP contribution in [0.1, 0.15) is 35.7 Å². The van der Waals surface area contributed by atoms with Gasteiger partial charge in [0.05, 0.1) is 12.1 Å². The van der Waals surface area contributed by atoms with E-state index in [-0.39, 0.29) is 18.4 Å². The van der Waals surface area contributed by atoms with E-state index in [0.717, 1.165) is 5.69 Å². The second-order valence-corrected chi connectivity index (χ2v) is 5.80. The van der Waals surface area contributed by atoms with Gasteiger partial charge < -0.3 is 16.0 Å². The van der Waals surface area contributed by atoms with E-state index in [1.807, 2.05) is 30.3 Å². The molecular formula is C19H23N3O2. The third-order valence-corrected chi connectivity index (χ3v) is 3.70. The smallest absolute Gasteiger partial charge is 0.253 e. The van der Waals surface area contributed by atoms with Crippen molar-refractivity contribution < 1.29 is 9.59 Å². The Hall–Kier alpha value is -2.82. The summed E-state index contributed by atoms with van der Waals surface area (Å²) in [6, 6.07) is 14.9. The molecule has 5 heteroatoms. The highest BCUT2D eigenvalue weighted by molar-refractivity contribution is 6.00. The maximum absolute atomic E-state index is 12.1. The van der Waals surface area contributed by atoms with Crippen LogP contribution in [-0.4, -0.2) is 25.4 Å². The summed E-state index contributed by atoms with van der Waals surface area (Å²) < 4.78 is 0. The molecule has 0 bridgehead atoms. The van der Waals surface area contributed by atoms with Crippen molar-refractivity contribution in [3.8, 4) is 0 Å². The van der Waals surface area contributed by atoms with Gasteiger partial charge in [-0.2, -0.15) is 0 Å². The monoisotopic (exact) mass is 325 g/mol. The molecule has 0 spiro atoms. The zero-order chi connectivity index (χ0) is 17.5. The van der Waals surface area contributed by atoms with Crippen LogP contribution in [0.15, 0.2) is 48.5 Å². The Labute approximate surface area is 142 Å². The molecule has 2 aromatic carbocycles. The van der Waals surface area contributed by atoms with Gasteiger partial charge in [-0.15, -0.1) is 0 Å². The second kappa shape index (κ2) is 8.15. The fourth-order valence-electron chi connectivity index (χ4n) is 2.30. The van der Waals surface area contributed by atoms with Gasteiger partial charge in [-0.25, -0.2) is 0 Å². The number of hydrogen-bond acceptors (Lipinski definition) is 3. The van der Waals surface area contributed by atoms with Gasteiger partial charge in [-0.1, -0.05) is 38.1 Å². The summed E-state index contributed by atoms with van der Waals surface area (Å²) in [6.07, 6.45) is 0. The van der Waals surface area contributed by atoms with Crippen LogP contribution in [0, 0.1) is 0 Å². The maximum Gasteiger partial charge on any atom is 0.253 e. The molecule has 126 valence electrons. The molecule has 2 rings (SSSR count). The minimum atomic E-state index is -0.192. The van der Waals surface area contributed by atoms with E-state index in [1.54, 1.807) is 25.2 Å². The Morgan fingerprint density at radius 1 is 1.00 bits per heavy atom. The zero-order valence-corrected chi connectivity index (χ0v) is 14.2. The molecule has 0 aliphatic heterocycles. The highest BCUT2D eigenvalue weighted by atomic mass is 16.2. The molecule has 0 aliphatic rings. The maximum atomic E-state index is 12.1. The van der Waals surface area contributed by atoms with Crippen LogP contribution >= 0.6 is 0 Å². The molecule has 0 unspecified atom stereocenters. The normalized spacial score (nSPS) is 10.3. The summed E-state index contributed by atoms with van der Waals surface area (Å²) in [7, 11) is 1.58. The number of rotatable bonds is 6. The highest BCUT2D eigenvalue weighted by Gasteiger charge is 2.10. The van der Waals surface area contributed by atoms with Crippen molar-refractivity contribution in [3.63, 3.8) is 0 Å². The van der Waals surface area contributed by atoms with Crippen LogP contribution < -0.4 is 16.0 Å². The minimum absolute atomic E-state index is 0.0833. The van der Waals surface area contributed by atoms with Crippen molar-refractivity contribution in [1.82, 2.24) is 5.32 Å². The van der Waals surface area contributed by atoms with Crippen molar-refractivity contribution >= 4 is 23.2 Å². The Morgan fingerprint density at radius 3 is 2.29 bits per heavy atom. The van der Waals surface area contributed by atoms with Crippen molar-refractivity contribution in [2.24, 2.45) is 0 Å². The zero-order valence-electron chi connectivity index (χ0n) is 14.2. The van der Waals surface area contributed by atoms with E-state index >= 15 is 0 Å². The van der Waals surface area contributed by atoms with Crippen LogP contribution in [0.25, 0.3) is 0 Å². The van der Waals surface area contributed by atoms with Crippen molar-refractivity contribution in [3.05, 3.63) is 59.7 Å². The summed E-state index contributed by atoms with van der Waals surface area (Å²) in [5, 5.41) is 8.43. The predicted octanol–water partition coefficient (Wildman–Crippen LogP) is 3.22. The van der Waals surface area contributed by atoms with E-state index in [4.69, 9.17) is 0 Å². The first-order valence-electron chi connectivity index (χ1n) is 7.96. The Kier molecular flexibility index (Phi) is 5.95. The van der Waals surface area contributed by atoms with E-state index in [0.29, 0.717) is 17.2 Å². The molecule has 0 aromatic heterocycles. The van der Waals surface area contributed by atoms with Gasteiger partial charge in [0.2, 0.25) is 5.91 Å². The standard InChI is InChI=1S/C19H23N3O2/c1-13(2)14-8-10-15(11-9-14)22-18(23)12-21-17-7-5-4-6-16(17)19(24)20-3/h4-11,13,21H,12H2,1-3H3,(H,20,24)(H,22,23). The lowest BCUT2D eigenvalue weighted by atomic mass is 10.0. The van der Waals surface area contributed by atoms with Gasteiger partial charge in [0.25, 0.3) is 5.91 Å². The molecule has 0 radical (unpaired) electrons. The number of carbonyl (C=O) groups excluding carboxylic acids is 2. The average molecular weight is 325 g/mol. The number of hydrogen-bond donors (Lipinski definition) is 3. The van der Waals surface area contributed by atoms with Crippen molar-refractivity contribution in [2.75, 3.05) is 24.2 Å². The predicted molar refractivity (Wildman–Crippen MR) is 97.5 cm³/mol. The number of benzene rings is 2. The van der Waals surface area contributed by atoms with Gasteiger partial charge in [0.1, 0.15) is 0 Å². The fraction of sp³-hybridized carbons (Fsp3) is 0.263. The van der Waals surface area contributed by atoms with E-state index < -0.39 is 0 Å². The fourth-order valence-corrected chi connectivity index (χ4v) is 2.30. The van der Waals surface area contributed by atoms with E-state index in [2.05, 4.69) is 29.8 Å².